The first-order valence-corrected chi connectivity index (χ1v) is 19.8. The van der Waals surface area contributed by atoms with E-state index >= 15 is 0 Å². The largest absolute Gasteiger partial charge is 0.481 e. The number of nitrogens with zero attached hydrogens (tertiary/aromatic N) is 7. The minimum Gasteiger partial charge on any atom is -0.481 e. The number of fused-ring (bicyclic) bond motifs is 2. The summed E-state index contributed by atoms with van der Waals surface area (Å²) >= 11 is 0. The predicted octanol–water partition coefficient (Wildman–Crippen LogP) is 5.31. The second-order valence-corrected chi connectivity index (χ2v) is 17.7. The van der Waals surface area contributed by atoms with Gasteiger partial charge in [-0.15, -0.1) is 5.10 Å². The number of aliphatic carboxylic acids is 1. The molecule has 4 aromatic rings. The molecule has 0 unspecified atom stereocenters. The number of benzene rings is 1. The number of carboxylic acids is 1. The monoisotopic (exact) mass is 729 g/mol. The molecule has 0 bridgehead atoms. The van der Waals surface area contributed by atoms with Gasteiger partial charge < -0.3 is 14.6 Å². The fourth-order valence-corrected chi connectivity index (χ4v) is 9.46. The maximum atomic E-state index is 14.5. The number of hydrogen-bond donors (Lipinski definition) is 1. The molecule has 1 N–H and O–H groups in total. The van der Waals surface area contributed by atoms with Gasteiger partial charge in [0, 0.05) is 36.5 Å². The summed E-state index contributed by atoms with van der Waals surface area (Å²) in [6, 6.07) is 7.86. The van der Waals surface area contributed by atoms with Gasteiger partial charge in [-0.05, 0) is 121 Å². The second-order valence-electron chi connectivity index (χ2n) is 15.8. The number of aromatic nitrogens is 5. The Labute approximate surface area is 304 Å². The SMILES string of the molecule is Cc1cc2c(nc1OCCN1CCCC1)OC1(CC1)CN(Cc1cc([C@@H](c3ccc4c(nnn4C4CC4)c3C)C(C)(C)C(=O)O)cnc1C)S2(=O)=O. The molecule has 2 saturated carbocycles. The summed E-state index contributed by atoms with van der Waals surface area (Å²) < 4.78 is 44.8. The van der Waals surface area contributed by atoms with Gasteiger partial charge in [-0.1, -0.05) is 17.3 Å². The van der Waals surface area contributed by atoms with Gasteiger partial charge >= 0.3 is 5.97 Å². The summed E-state index contributed by atoms with van der Waals surface area (Å²) in [6.07, 6.45) is 7.67. The summed E-state index contributed by atoms with van der Waals surface area (Å²) in [5.74, 6) is -1.09. The molecule has 5 heterocycles. The summed E-state index contributed by atoms with van der Waals surface area (Å²) in [6.45, 7) is 12.7. The zero-order chi connectivity index (χ0) is 36.6. The van der Waals surface area contributed by atoms with E-state index in [1.807, 2.05) is 43.7 Å². The molecule has 2 aliphatic heterocycles. The van der Waals surface area contributed by atoms with Gasteiger partial charge in [0.2, 0.25) is 21.8 Å². The Morgan fingerprint density at radius 2 is 1.88 bits per heavy atom. The van der Waals surface area contributed by atoms with Crippen LogP contribution in [-0.2, 0) is 21.4 Å². The molecule has 276 valence electrons. The van der Waals surface area contributed by atoms with Crippen molar-refractivity contribution >= 4 is 27.0 Å². The van der Waals surface area contributed by atoms with E-state index in [1.54, 1.807) is 26.1 Å². The third-order valence-electron chi connectivity index (χ3n) is 11.5. The van der Waals surface area contributed by atoms with E-state index in [2.05, 4.69) is 20.2 Å². The number of carbonyl (C=O) groups is 1. The maximum Gasteiger partial charge on any atom is 0.310 e. The van der Waals surface area contributed by atoms with Gasteiger partial charge in [0.15, 0.2) is 0 Å². The highest BCUT2D eigenvalue weighted by Gasteiger charge is 2.53. The Kier molecular flexibility index (Phi) is 8.57. The smallest absolute Gasteiger partial charge is 0.310 e. The Balaban J connectivity index is 1.13. The van der Waals surface area contributed by atoms with Crippen LogP contribution in [0.15, 0.2) is 35.4 Å². The molecular formula is C38H47N7O6S. The fourth-order valence-electron chi connectivity index (χ4n) is 7.83. The molecule has 8 rings (SSSR count). The minimum absolute atomic E-state index is 0.0236. The lowest BCUT2D eigenvalue weighted by molar-refractivity contribution is -0.147. The molecule has 1 saturated heterocycles. The number of rotatable bonds is 11. The van der Waals surface area contributed by atoms with Crippen molar-refractivity contribution in [2.75, 3.05) is 32.8 Å². The van der Waals surface area contributed by atoms with Crippen LogP contribution in [0.1, 0.15) is 97.8 Å². The predicted molar refractivity (Wildman–Crippen MR) is 193 cm³/mol. The van der Waals surface area contributed by atoms with Gasteiger partial charge in [-0.25, -0.2) is 13.1 Å². The van der Waals surface area contributed by atoms with Crippen LogP contribution in [0.25, 0.3) is 11.0 Å². The van der Waals surface area contributed by atoms with E-state index in [-0.39, 0.29) is 23.9 Å². The van der Waals surface area contributed by atoms with Crippen molar-refractivity contribution in [3.63, 3.8) is 0 Å². The lowest BCUT2D eigenvalue weighted by atomic mass is 9.70. The second kappa shape index (κ2) is 12.8. The van der Waals surface area contributed by atoms with Crippen LogP contribution in [0.2, 0.25) is 0 Å². The Morgan fingerprint density at radius 1 is 1.13 bits per heavy atom. The van der Waals surface area contributed by atoms with Crippen LogP contribution in [-0.4, -0.2) is 92.0 Å². The van der Waals surface area contributed by atoms with Crippen molar-refractivity contribution in [1.82, 2.24) is 34.2 Å². The lowest BCUT2D eigenvalue weighted by Crippen LogP contribution is -2.38. The molecule has 2 aliphatic carbocycles. The van der Waals surface area contributed by atoms with Crippen LogP contribution in [0.3, 0.4) is 0 Å². The summed E-state index contributed by atoms with van der Waals surface area (Å²) in [7, 11) is -4.05. The lowest BCUT2D eigenvalue weighted by Gasteiger charge is -2.33. The summed E-state index contributed by atoms with van der Waals surface area (Å²) in [5.41, 5.74) is 4.13. The quantitative estimate of drug-likeness (QED) is 0.214. The van der Waals surface area contributed by atoms with Gasteiger partial charge in [0.05, 0.1) is 23.5 Å². The van der Waals surface area contributed by atoms with Crippen LogP contribution in [0.4, 0.5) is 0 Å². The maximum absolute atomic E-state index is 14.5. The molecule has 1 spiro atoms. The molecule has 1 atom stereocenters. The number of ether oxygens (including phenoxy) is 2. The first-order valence-electron chi connectivity index (χ1n) is 18.4. The average molecular weight is 730 g/mol. The average Bonchev–Trinajstić information content (AvgIpc) is 3.99. The van der Waals surface area contributed by atoms with E-state index in [0.29, 0.717) is 53.8 Å². The van der Waals surface area contributed by atoms with Crippen molar-refractivity contribution < 1.29 is 27.8 Å². The zero-order valence-corrected chi connectivity index (χ0v) is 31.4. The third kappa shape index (κ3) is 6.21. The normalized spacial score (nSPS) is 20.4. The first-order chi connectivity index (χ1) is 24.8. The van der Waals surface area contributed by atoms with Gasteiger partial charge in [-0.2, -0.15) is 9.29 Å². The molecule has 3 fully saturated rings. The Morgan fingerprint density at radius 3 is 2.58 bits per heavy atom. The fraction of sp³-hybridized carbons (Fsp3) is 0.553. The number of carboxylic acid groups (broad SMARTS) is 1. The molecule has 0 radical (unpaired) electrons. The number of likely N-dealkylation sites (tertiary alicyclic amines) is 1. The molecular weight excluding hydrogens is 683 g/mol. The molecule has 14 heteroatoms. The molecule has 1 aromatic carbocycles. The van der Waals surface area contributed by atoms with Gasteiger partial charge in [0.1, 0.15) is 22.6 Å². The number of sulfonamides is 1. The van der Waals surface area contributed by atoms with Crippen molar-refractivity contribution in [3.05, 3.63) is 64.0 Å². The number of pyridine rings is 2. The zero-order valence-electron chi connectivity index (χ0n) is 30.6. The highest BCUT2D eigenvalue weighted by atomic mass is 32.2. The molecule has 13 nitrogen and oxygen atoms in total. The van der Waals surface area contributed by atoms with Crippen LogP contribution in [0, 0.1) is 26.2 Å². The standard InChI is InChI=1S/C38H47N7O6S/c1-23-18-31-35(40-34(23)50-17-16-43-14-6-7-15-43)51-38(12-13-38)22-44(52(31,48)49)21-27-19-26(20-39-25(27)3)32(37(4,5)36(46)47)29-10-11-30-33(24(29)2)41-42-45(30)28-8-9-28/h10-11,18-20,28,32H,6-9,12-17,21-22H2,1-5H3,(H,46,47)/t32-/m0/s1. The van der Waals surface area contributed by atoms with E-state index in [1.165, 1.54) is 17.1 Å². The highest BCUT2D eigenvalue weighted by Crippen LogP contribution is 2.48. The summed E-state index contributed by atoms with van der Waals surface area (Å²) in [4.78, 5) is 24.6. The van der Waals surface area contributed by atoms with Gasteiger partial charge in [-0.3, -0.25) is 14.7 Å². The van der Waals surface area contributed by atoms with Crippen LogP contribution < -0.4 is 9.47 Å². The molecule has 4 aliphatic rings. The van der Waals surface area contributed by atoms with Crippen molar-refractivity contribution in [2.24, 2.45) is 5.41 Å². The van der Waals surface area contributed by atoms with E-state index < -0.39 is 32.9 Å². The van der Waals surface area contributed by atoms with E-state index in [4.69, 9.17) is 14.5 Å². The number of aryl methyl sites for hydroxylation is 3. The summed E-state index contributed by atoms with van der Waals surface area (Å²) in [5, 5.41) is 19.5. The molecule has 52 heavy (non-hydrogen) atoms. The Bertz CT molecular complexity index is 2170. The number of hydrogen-bond acceptors (Lipinski definition) is 10. The highest BCUT2D eigenvalue weighted by molar-refractivity contribution is 7.89. The first kappa shape index (κ1) is 34.9. The molecule has 3 aromatic heterocycles. The van der Waals surface area contributed by atoms with Crippen molar-refractivity contribution in [2.45, 2.75) is 102 Å². The van der Waals surface area contributed by atoms with Crippen molar-refractivity contribution in [3.8, 4) is 11.8 Å². The topological polar surface area (TPSA) is 153 Å². The third-order valence-corrected chi connectivity index (χ3v) is 13.2. The Hall–Kier alpha value is -4.14. The van der Waals surface area contributed by atoms with Gasteiger partial charge in [0.25, 0.3) is 0 Å². The van der Waals surface area contributed by atoms with E-state index in [9.17, 15) is 18.3 Å². The minimum atomic E-state index is -4.05. The molecule has 0 amide bonds. The van der Waals surface area contributed by atoms with Crippen molar-refractivity contribution in [1.29, 1.82) is 0 Å². The van der Waals surface area contributed by atoms with Crippen LogP contribution in [0.5, 0.6) is 11.8 Å². The van der Waals surface area contributed by atoms with Crippen LogP contribution >= 0.6 is 0 Å². The van der Waals surface area contributed by atoms with E-state index in [0.717, 1.165) is 54.6 Å².